The van der Waals surface area contributed by atoms with E-state index >= 15 is 0 Å². The van der Waals surface area contributed by atoms with Crippen molar-refractivity contribution in [1.82, 2.24) is 15.5 Å². The second-order valence-electron chi connectivity index (χ2n) is 9.00. The molecule has 33 heavy (non-hydrogen) atoms. The Morgan fingerprint density at radius 1 is 1.15 bits per heavy atom. The quantitative estimate of drug-likeness (QED) is 0.183. The Kier molecular flexibility index (Phi) is 13.6. The Bertz CT molecular complexity index is 690. The monoisotopic (exact) mass is 574 g/mol. The Hall–Kier alpha value is -0.940. The zero-order valence-corrected chi connectivity index (χ0v) is 22.9. The first kappa shape index (κ1) is 28.3. The van der Waals surface area contributed by atoms with Crippen LogP contribution in [0.3, 0.4) is 0 Å². The van der Waals surface area contributed by atoms with E-state index in [2.05, 4.69) is 60.6 Å². The van der Waals surface area contributed by atoms with Crippen LogP contribution in [-0.2, 0) is 27.3 Å². The van der Waals surface area contributed by atoms with Gasteiger partial charge in [0.1, 0.15) is 0 Å². The van der Waals surface area contributed by atoms with E-state index in [9.17, 15) is 0 Å². The molecule has 0 bridgehead atoms. The first-order valence-electron chi connectivity index (χ1n) is 12.3. The third-order valence-electron chi connectivity index (χ3n) is 5.89. The highest BCUT2D eigenvalue weighted by Crippen LogP contribution is 2.17. The summed E-state index contributed by atoms with van der Waals surface area (Å²) in [5, 5.41) is 6.79. The lowest BCUT2D eigenvalue weighted by atomic mass is 10.1. The second-order valence-corrected chi connectivity index (χ2v) is 9.00. The number of ether oxygens (including phenoxy) is 3. The van der Waals surface area contributed by atoms with Gasteiger partial charge in [0, 0.05) is 51.9 Å². The van der Waals surface area contributed by atoms with Gasteiger partial charge in [0.15, 0.2) is 5.96 Å². The van der Waals surface area contributed by atoms with Crippen LogP contribution >= 0.6 is 24.0 Å². The molecule has 2 fully saturated rings. The van der Waals surface area contributed by atoms with E-state index < -0.39 is 0 Å². The minimum Gasteiger partial charge on any atom is -0.381 e. The Balaban J connectivity index is 0.00000385. The van der Waals surface area contributed by atoms with Crippen LogP contribution in [0.1, 0.15) is 44.7 Å². The molecule has 8 heteroatoms. The summed E-state index contributed by atoms with van der Waals surface area (Å²) in [7, 11) is 0. The summed E-state index contributed by atoms with van der Waals surface area (Å²) in [6, 6.07) is 8.64. The minimum atomic E-state index is 0. The molecule has 3 unspecified atom stereocenters. The van der Waals surface area contributed by atoms with E-state index in [1.165, 1.54) is 11.1 Å². The third kappa shape index (κ3) is 10.5. The highest BCUT2D eigenvalue weighted by molar-refractivity contribution is 14.0. The smallest absolute Gasteiger partial charge is 0.191 e. The lowest BCUT2D eigenvalue weighted by Crippen LogP contribution is -2.44. The minimum absolute atomic E-state index is 0. The fourth-order valence-corrected chi connectivity index (χ4v) is 4.37. The molecule has 2 heterocycles. The third-order valence-corrected chi connectivity index (χ3v) is 5.89. The summed E-state index contributed by atoms with van der Waals surface area (Å²) in [6.45, 7) is 15.0. The second kappa shape index (κ2) is 15.9. The lowest BCUT2D eigenvalue weighted by molar-refractivity contribution is -0.0705. The van der Waals surface area contributed by atoms with Crippen LogP contribution in [0, 0.1) is 5.92 Å². The molecule has 0 radical (unpaired) electrons. The van der Waals surface area contributed by atoms with Crippen LogP contribution in [0.25, 0.3) is 0 Å². The average molecular weight is 575 g/mol. The number of halogens is 1. The van der Waals surface area contributed by atoms with Crippen LogP contribution < -0.4 is 10.6 Å². The number of rotatable bonds is 11. The molecule has 188 valence electrons. The van der Waals surface area contributed by atoms with Crippen molar-refractivity contribution < 1.29 is 14.2 Å². The van der Waals surface area contributed by atoms with Gasteiger partial charge in [-0.05, 0) is 44.7 Å². The number of nitrogens with one attached hydrogen (secondary N) is 2. The van der Waals surface area contributed by atoms with E-state index in [-0.39, 0.29) is 36.2 Å². The van der Waals surface area contributed by atoms with Gasteiger partial charge in [0.25, 0.3) is 0 Å². The Labute approximate surface area is 217 Å². The van der Waals surface area contributed by atoms with Gasteiger partial charge in [-0.25, -0.2) is 4.99 Å². The number of hydrogen-bond donors (Lipinski definition) is 2. The van der Waals surface area contributed by atoms with Crippen LogP contribution in [0.15, 0.2) is 29.3 Å². The van der Waals surface area contributed by atoms with Gasteiger partial charge in [-0.2, -0.15) is 0 Å². The van der Waals surface area contributed by atoms with E-state index in [0.717, 1.165) is 78.0 Å². The molecule has 3 rings (SSSR count). The van der Waals surface area contributed by atoms with Crippen molar-refractivity contribution >= 4 is 29.9 Å². The first-order chi connectivity index (χ1) is 15.6. The predicted molar refractivity (Wildman–Crippen MR) is 144 cm³/mol. The van der Waals surface area contributed by atoms with Gasteiger partial charge < -0.3 is 24.8 Å². The summed E-state index contributed by atoms with van der Waals surface area (Å²) in [4.78, 5) is 7.33. The maximum atomic E-state index is 5.88. The topological polar surface area (TPSA) is 67.4 Å². The highest BCUT2D eigenvalue weighted by atomic mass is 127. The maximum absolute atomic E-state index is 5.88. The van der Waals surface area contributed by atoms with Crippen LogP contribution in [-0.4, -0.2) is 75.7 Å². The van der Waals surface area contributed by atoms with Crippen molar-refractivity contribution in [1.29, 1.82) is 0 Å². The number of morpholine rings is 1. The molecule has 1 aromatic carbocycles. The largest absolute Gasteiger partial charge is 0.381 e. The summed E-state index contributed by atoms with van der Waals surface area (Å²) in [5.41, 5.74) is 2.62. The van der Waals surface area contributed by atoms with Crippen molar-refractivity contribution in [3.05, 3.63) is 35.4 Å². The predicted octanol–water partition coefficient (Wildman–Crippen LogP) is 3.41. The van der Waals surface area contributed by atoms with Gasteiger partial charge in [-0.1, -0.05) is 24.3 Å². The highest BCUT2D eigenvalue weighted by Gasteiger charge is 2.22. The average Bonchev–Trinajstić information content (AvgIpc) is 3.28. The molecule has 3 atom stereocenters. The number of aliphatic imine (C=N–C) groups is 1. The van der Waals surface area contributed by atoms with E-state index in [4.69, 9.17) is 19.2 Å². The summed E-state index contributed by atoms with van der Waals surface area (Å²) in [5.74, 6) is 1.44. The molecule has 0 saturated carbocycles. The molecular formula is C25H43IN4O3. The molecule has 0 spiro atoms. The van der Waals surface area contributed by atoms with Gasteiger partial charge >= 0.3 is 0 Å². The molecule has 0 amide bonds. The van der Waals surface area contributed by atoms with E-state index in [1.807, 2.05) is 0 Å². The van der Waals surface area contributed by atoms with Gasteiger partial charge in [-0.3, -0.25) is 4.90 Å². The molecule has 2 saturated heterocycles. The van der Waals surface area contributed by atoms with Gasteiger partial charge in [0.2, 0.25) is 0 Å². The van der Waals surface area contributed by atoms with Crippen LogP contribution in [0.4, 0.5) is 0 Å². The summed E-state index contributed by atoms with van der Waals surface area (Å²) in [6.07, 6.45) is 2.65. The van der Waals surface area contributed by atoms with E-state index in [0.29, 0.717) is 12.5 Å². The van der Waals surface area contributed by atoms with Gasteiger partial charge in [0.05, 0.1) is 32.0 Å². The molecule has 7 nitrogen and oxygen atoms in total. The van der Waals surface area contributed by atoms with Crippen molar-refractivity contribution in [2.75, 3.05) is 52.6 Å². The number of benzene rings is 1. The van der Waals surface area contributed by atoms with Crippen molar-refractivity contribution in [3.8, 4) is 0 Å². The van der Waals surface area contributed by atoms with Crippen molar-refractivity contribution in [2.45, 2.75) is 58.9 Å². The van der Waals surface area contributed by atoms with Crippen molar-refractivity contribution in [2.24, 2.45) is 10.9 Å². The first-order valence-corrected chi connectivity index (χ1v) is 12.3. The van der Waals surface area contributed by atoms with E-state index in [1.54, 1.807) is 0 Å². The maximum Gasteiger partial charge on any atom is 0.191 e. The zero-order chi connectivity index (χ0) is 22.6. The fourth-order valence-electron chi connectivity index (χ4n) is 4.37. The van der Waals surface area contributed by atoms with Crippen LogP contribution in [0.5, 0.6) is 0 Å². The summed E-state index contributed by atoms with van der Waals surface area (Å²) >= 11 is 0. The molecular weight excluding hydrogens is 531 g/mol. The molecule has 1 aromatic rings. The molecule has 0 aromatic heterocycles. The number of nitrogens with zero attached hydrogens (tertiary/aromatic N) is 2. The molecule has 2 aliphatic rings. The number of hydrogen-bond acceptors (Lipinski definition) is 5. The normalized spacial score (nSPS) is 23.8. The Morgan fingerprint density at radius 2 is 1.91 bits per heavy atom. The molecule has 0 aliphatic carbocycles. The standard InChI is InChI=1S/C25H42N4O3.HI/c1-4-26-25(27-11-7-12-30-18-22-10-13-31-19-22)28-14-23-8-5-6-9-24(23)17-29-15-20(2)32-21(3)16-29;/h5-6,8-9,20-22H,4,7,10-19H2,1-3H3,(H2,26,27,28);1H. The van der Waals surface area contributed by atoms with Crippen molar-refractivity contribution in [3.63, 3.8) is 0 Å². The molecule has 2 aliphatic heterocycles. The van der Waals surface area contributed by atoms with Crippen LogP contribution in [0.2, 0.25) is 0 Å². The fraction of sp³-hybridized carbons (Fsp3) is 0.720. The lowest BCUT2D eigenvalue weighted by Gasteiger charge is -2.35. The Morgan fingerprint density at radius 3 is 2.61 bits per heavy atom. The number of guanidine groups is 1. The van der Waals surface area contributed by atoms with Gasteiger partial charge in [-0.15, -0.1) is 24.0 Å². The zero-order valence-electron chi connectivity index (χ0n) is 20.6. The SMILES string of the molecule is CCNC(=NCc1ccccc1CN1CC(C)OC(C)C1)NCCCOCC1CCOC1.I. The molecule has 2 N–H and O–H groups in total. The summed E-state index contributed by atoms with van der Waals surface area (Å²) < 4.78 is 17.1.